The average Bonchev–Trinajstić information content (AvgIpc) is 3.62. The van der Waals surface area contributed by atoms with Gasteiger partial charge in [0.25, 0.3) is 5.91 Å². The molecular formula is C49H50Cl2F6N4O7. The van der Waals surface area contributed by atoms with Crippen molar-refractivity contribution in [1.82, 2.24) is 14.7 Å². The summed E-state index contributed by atoms with van der Waals surface area (Å²) in [6.07, 6.45) is -7.05. The van der Waals surface area contributed by atoms with Crippen molar-refractivity contribution in [3.8, 4) is 0 Å². The summed E-state index contributed by atoms with van der Waals surface area (Å²) in [5, 5.41) is 3.06. The van der Waals surface area contributed by atoms with Gasteiger partial charge in [0, 0.05) is 48.9 Å². The topological polar surface area (TPSA) is 118 Å². The number of alkyl halides is 6. The number of amides is 3. The van der Waals surface area contributed by atoms with Gasteiger partial charge in [-0.15, -0.1) is 0 Å². The summed E-state index contributed by atoms with van der Waals surface area (Å²) < 4.78 is 101. The van der Waals surface area contributed by atoms with Crippen LogP contribution in [-0.4, -0.2) is 111 Å². The Morgan fingerprint density at radius 3 is 2.24 bits per heavy atom. The number of unbranched alkanes of at least 4 members (excludes halogenated alkanes) is 1. The van der Waals surface area contributed by atoms with E-state index in [1.807, 2.05) is 12.1 Å². The maximum atomic E-state index is 13.9. The molecule has 4 aromatic carbocycles. The Hall–Kier alpha value is -5.20. The van der Waals surface area contributed by atoms with Crippen LogP contribution in [0.4, 0.5) is 36.8 Å². The van der Waals surface area contributed by atoms with Gasteiger partial charge < -0.3 is 28.9 Å². The van der Waals surface area contributed by atoms with Gasteiger partial charge in [-0.25, -0.2) is 4.79 Å². The highest BCUT2D eigenvalue weighted by Gasteiger charge is 2.50. The van der Waals surface area contributed by atoms with Crippen LogP contribution in [-0.2, 0) is 48.8 Å². The molecule has 11 nitrogen and oxygen atoms in total. The molecule has 2 aliphatic heterocycles. The lowest BCUT2D eigenvalue weighted by Gasteiger charge is -2.46. The number of hydrogen-bond acceptors (Lipinski definition) is 8. The molecule has 2 fully saturated rings. The number of anilines is 1. The summed E-state index contributed by atoms with van der Waals surface area (Å²) in [6.45, 7) is 1.82. The third kappa shape index (κ3) is 11.8. The SMILES string of the molecule is CN(CCCCOC(=O)Nc1ccc(C=O)cc1)C(=O)CO[C@H]1Cc2ccccc2C12CCN(CC[C@@]1(c3ccc(Cl)c(Cl)c3)CN(C(=O)c3cc(C(F)(F)F)cc(C(F)(F)F)c3)CCO1)CC2. The van der Waals surface area contributed by atoms with Crippen LogP contribution < -0.4 is 5.32 Å². The normalized spacial score (nSPS) is 19.4. The number of likely N-dealkylation sites (N-methyl/N-ethyl adjacent to an activating group) is 1. The summed E-state index contributed by atoms with van der Waals surface area (Å²) in [5.74, 6) is -1.19. The van der Waals surface area contributed by atoms with Gasteiger partial charge in [0.05, 0.1) is 47.0 Å². The number of nitrogens with one attached hydrogen (secondary N) is 1. The number of ether oxygens (including phenoxy) is 3. The molecule has 0 saturated carbocycles. The average molecular weight is 992 g/mol. The van der Waals surface area contributed by atoms with Crippen molar-refractivity contribution < 1.29 is 59.7 Å². The van der Waals surface area contributed by atoms with Crippen LogP contribution >= 0.6 is 23.2 Å². The summed E-state index contributed by atoms with van der Waals surface area (Å²) >= 11 is 12.7. The van der Waals surface area contributed by atoms with Crippen molar-refractivity contribution in [3.63, 3.8) is 0 Å². The zero-order chi connectivity index (χ0) is 48.9. The zero-order valence-electron chi connectivity index (χ0n) is 37.1. The highest BCUT2D eigenvalue weighted by Crippen LogP contribution is 2.48. The molecule has 0 unspecified atom stereocenters. The van der Waals surface area contributed by atoms with E-state index in [9.17, 15) is 45.5 Å². The molecule has 0 radical (unpaired) electrons. The minimum Gasteiger partial charge on any atom is -0.449 e. The first-order valence-electron chi connectivity index (χ1n) is 22.1. The third-order valence-electron chi connectivity index (χ3n) is 13.2. The molecule has 4 aromatic rings. The highest BCUT2D eigenvalue weighted by molar-refractivity contribution is 6.42. The van der Waals surface area contributed by atoms with Crippen LogP contribution in [0.3, 0.4) is 0 Å². The minimum atomic E-state index is -5.13. The van der Waals surface area contributed by atoms with E-state index in [1.54, 1.807) is 54.4 Å². The minimum absolute atomic E-state index is 0.00923. The lowest BCUT2D eigenvalue weighted by atomic mass is 9.72. The van der Waals surface area contributed by atoms with Crippen molar-refractivity contribution in [2.75, 3.05) is 71.5 Å². The van der Waals surface area contributed by atoms with E-state index in [-0.39, 0.29) is 72.9 Å². The number of carbonyl (C=O) groups is 4. The van der Waals surface area contributed by atoms with Gasteiger partial charge in [-0.3, -0.25) is 19.7 Å². The van der Waals surface area contributed by atoms with Crippen molar-refractivity contribution >= 4 is 53.1 Å². The zero-order valence-corrected chi connectivity index (χ0v) is 38.6. The first kappa shape index (κ1) is 50.7. The largest absolute Gasteiger partial charge is 0.449 e. The van der Waals surface area contributed by atoms with Gasteiger partial charge in [0.2, 0.25) is 5.91 Å². The molecule has 68 heavy (non-hydrogen) atoms. The molecule has 2 atom stereocenters. The monoisotopic (exact) mass is 990 g/mol. The van der Waals surface area contributed by atoms with Crippen LogP contribution in [0.2, 0.25) is 10.0 Å². The van der Waals surface area contributed by atoms with Crippen LogP contribution in [0, 0.1) is 0 Å². The maximum Gasteiger partial charge on any atom is 0.416 e. The lowest BCUT2D eigenvalue weighted by molar-refractivity contribution is -0.143. The van der Waals surface area contributed by atoms with E-state index in [0.29, 0.717) is 93.5 Å². The highest BCUT2D eigenvalue weighted by atomic mass is 35.5. The fourth-order valence-corrected chi connectivity index (χ4v) is 9.66. The molecule has 364 valence electrons. The Balaban J connectivity index is 0.969. The van der Waals surface area contributed by atoms with Gasteiger partial charge in [-0.2, -0.15) is 26.3 Å². The van der Waals surface area contributed by atoms with Gasteiger partial charge >= 0.3 is 18.4 Å². The molecule has 19 heteroatoms. The first-order chi connectivity index (χ1) is 32.3. The van der Waals surface area contributed by atoms with Crippen molar-refractivity contribution in [2.24, 2.45) is 0 Å². The molecule has 3 amide bonds. The number of rotatable bonds is 15. The van der Waals surface area contributed by atoms with Gasteiger partial charge in [0.15, 0.2) is 0 Å². The number of benzene rings is 4. The molecule has 2 heterocycles. The van der Waals surface area contributed by atoms with Crippen molar-refractivity contribution in [1.29, 1.82) is 0 Å². The number of nitrogens with zero attached hydrogens (tertiary/aromatic N) is 3. The van der Waals surface area contributed by atoms with E-state index in [0.717, 1.165) is 5.56 Å². The molecule has 0 bridgehead atoms. The molecular weight excluding hydrogens is 941 g/mol. The second-order valence-corrected chi connectivity index (χ2v) is 18.2. The van der Waals surface area contributed by atoms with Crippen LogP contribution in [0.5, 0.6) is 0 Å². The number of halogens is 8. The van der Waals surface area contributed by atoms with E-state index in [1.165, 1.54) is 10.5 Å². The molecule has 1 aliphatic carbocycles. The van der Waals surface area contributed by atoms with E-state index in [2.05, 4.69) is 22.3 Å². The molecule has 2 saturated heterocycles. The van der Waals surface area contributed by atoms with E-state index >= 15 is 0 Å². The number of aldehydes is 1. The van der Waals surface area contributed by atoms with Crippen molar-refractivity contribution in [3.05, 3.63) is 134 Å². The number of carbonyl (C=O) groups excluding carboxylic acids is 4. The predicted octanol–water partition coefficient (Wildman–Crippen LogP) is 10.1. The molecule has 0 aromatic heterocycles. The Morgan fingerprint density at radius 2 is 1.57 bits per heavy atom. The second-order valence-electron chi connectivity index (χ2n) is 17.4. The number of morpholine rings is 1. The Labute approximate surface area is 399 Å². The quantitative estimate of drug-likeness (QED) is 0.0711. The van der Waals surface area contributed by atoms with Gasteiger partial charge in [0.1, 0.15) is 18.5 Å². The molecule has 1 spiro atoms. The van der Waals surface area contributed by atoms with Gasteiger partial charge in [-0.1, -0.05) is 53.5 Å². The van der Waals surface area contributed by atoms with Gasteiger partial charge in [-0.05, 0) is 123 Å². The number of likely N-dealkylation sites (tertiary alicyclic amines) is 1. The molecule has 1 N–H and O–H groups in total. The Kier molecular flexibility index (Phi) is 15.8. The summed E-state index contributed by atoms with van der Waals surface area (Å²) in [6, 6.07) is 20.2. The number of fused-ring (bicyclic) bond motifs is 2. The summed E-state index contributed by atoms with van der Waals surface area (Å²) in [4.78, 5) is 55.3. The Bertz CT molecular complexity index is 2430. The summed E-state index contributed by atoms with van der Waals surface area (Å²) in [7, 11) is 1.70. The second kappa shape index (κ2) is 21.2. The van der Waals surface area contributed by atoms with Crippen LogP contribution in [0.1, 0.15) is 80.6 Å². The Morgan fingerprint density at radius 1 is 0.882 bits per heavy atom. The smallest absolute Gasteiger partial charge is 0.416 e. The lowest BCUT2D eigenvalue weighted by Crippen LogP contribution is -2.54. The predicted molar refractivity (Wildman–Crippen MR) is 242 cm³/mol. The maximum absolute atomic E-state index is 13.9. The van der Waals surface area contributed by atoms with E-state index < -0.39 is 46.6 Å². The van der Waals surface area contributed by atoms with E-state index in [4.69, 9.17) is 37.4 Å². The first-order valence-corrected chi connectivity index (χ1v) is 22.9. The molecule has 7 rings (SSSR count). The number of hydrogen-bond donors (Lipinski definition) is 1. The standard InChI is InChI=1S/C49H50Cl2F6N4O7/c1-59(17-4-5-22-66-45(65)58-38-11-8-32(29-62)9-12-38)43(63)30-67-42-26-33-6-2-3-7-39(33)46(42)14-18-60(19-15-46)20-16-47(35-10-13-40(50)41(51)28-35)31-61(21-23-68-47)44(64)34-24-36(48(52,53)54)27-37(25-34)49(55,56)57/h2-3,6-13,24-25,27-29,42H,4-5,14-23,26,30-31H2,1H3,(H,58,65)/t42-,47-/m0/s1. The number of piperidine rings is 1. The fraction of sp³-hybridized carbons (Fsp3) is 0.429. The van der Waals surface area contributed by atoms with Crippen molar-refractivity contribution in [2.45, 2.75) is 68.0 Å². The third-order valence-corrected chi connectivity index (χ3v) is 13.9. The fourth-order valence-electron chi connectivity index (χ4n) is 9.37. The summed E-state index contributed by atoms with van der Waals surface area (Å²) in [5.41, 5.74) is -1.70. The van der Waals surface area contributed by atoms with Crippen LogP contribution in [0.15, 0.2) is 84.9 Å². The molecule has 3 aliphatic rings. The van der Waals surface area contributed by atoms with Crippen LogP contribution in [0.25, 0.3) is 0 Å².